The van der Waals surface area contributed by atoms with Crippen molar-refractivity contribution in [3.63, 3.8) is 0 Å². The van der Waals surface area contributed by atoms with Crippen molar-refractivity contribution in [2.45, 2.75) is 48.0 Å². The van der Waals surface area contributed by atoms with Gasteiger partial charge in [-0.15, -0.1) is 0 Å². The Morgan fingerprint density at radius 3 is 2.12 bits per heavy atom. The maximum atomic E-state index is 4.55. The summed E-state index contributed by atoms with van der Waals surface area (Å²) in [6.45, 7) is 12.2. The molecule has 0 bridgehead atoms. The van der Waals surface area contributed by atoms with Crippen LogP contribution in [0.2, 0.25) is 0 Å². The highest BCUT2D eigenvalue weighted by molar-refractivity contribution is 5.79. The minimum Gasteiger partial charge on any atom is -0.253 e. The Labute approximate surface area is 106 Å². The first-order valence-corrected chi connectivity index (χ1v) is 6.66. The number of aromatic nitrogens is 1. The van der Waals surface area contributed by atoms with Crippen molar-refractivity contribution in [3.8, 4) is 0 Å². The highest BCUT2D eigenvalue weighted by atomic mass is 14.7. The molecule has 94 valence electrons. The Kier molecular flexibility index (Phi) is 8.04. The minimum absolute atomic E-state index is 1.00. The number of nitrogens with zero attached hydrogens (tertiary/aromatic N) is 1. The zero-order valence-corrected chi connectivity index (χ0v) is 12.0. The van der Waals surface area contributed by atoms with Crippen molar-refractivity contribution < 1.29 is 0 Å². The molecule has 1 aromatic heterocycles. The van der Waals surface area contributed by atoms with Crippen LogP contribution in [0.25, 0.3) is 10.9 Å². The molecule has 0 amide bonds. The van der Waals surface area contributed by atoms with Gasteiger partial charge in [-0.05, 0) is 31.0 Å². The summed E-state index contributed by atoms with van der Waals surface area (Å²) in [4.78, 5) is 4.55. The summed E-state index contributed by atoms with van der Waals surface area (Å²) in [5, 5.41) is 1.22. The molecular formula is C16H25N. The van der Waals surface area contributed by atoms with Crippen LogP contribution < -0.4 is 0 Å². The molecule has 0 aliphatic rings. The average molecular weight is 231 g/mol. The molecule has 0 N–H and O–H groups in total. The average Bonchev–Trinajstić information content (AvgIpc) is 2.42. The van der Waals surface area contributed by atoms with E-state index >= 15 is 0 Å². The van der Waals surface area contributed by atoms with Gasteiger partial charge in [-0.1, -0.05) is 52.8 Å². The quantitative estimate of drug-likeness (QED) is 0.660. The van der Waals surface area contributed by atoms with E-state index in [0.717, 1.165) is 17.6 Å². The predicted octanol–water partition coefficient (Wildman–Crippen LogP) is 5.16. The molecule has 0 fully saturated rings. The second kappa shape index (κ2) is 8.74. The lowest BCUT2D eigenvalue weighted by Crippen LogP contribution is -1.87. The van der Waals surface area contributed by atoms with E-state index in [-0.39, 0.29) is 0 Å². The number of hydrogen-bond acceptors (Lipinski definition) is 1. The Hall–Kier alpha value is -1.37. The fraction of sp³-hybridized carbons (Fsp3) is 0.438. The standard InChI is InChI=1S/C12H13N.2C2H6/c1-3-11-7-6-10-5-4-9(2)8-12(10)13-11;2*1-2/h4-8H,3H2,1-2H3;2*1-2H3. The predicted molar refractivity (Wildman–Crippen MR) is 78.6 cm³/mol. The summed E-state index contributed by atoms with van der Waals surface area (Å²) in [6, 6.07) is 10.6. The third kappa shape index (κ3) is 4.56. The second-order valence-corrected chi connectivity index (χ2v) is 3.35. The lowest BCUT2D eigenvalue weighted by atomic mass is 10.1. The van der Waals surface area contributed by atoms with E-state index in [0.29, 0.717) is 0 Å². The SMILES string of the molecule is CC.CC.CCc1ccc2ccc(C)cc2n1. The van der Waals surface area contributed by atoms with Crippen LogP contribution in [0.1, 0.15) is 45.9 Å². The first-order chi connectivity index (χ1) is 8.29. The van der Waals surface area contributed by atoms with E-state index in [1.807, 2.05) is 27.7 Å². The van der Waals surface area contributed by atoms with Gasteiger partial charge < -0.3 is 0 Å². The van der Waals surface area contributed by atoms with Crippen molar-refractivity contribution in [1.82, 2.24) is 4.98 Å². The maximum absolute atomic E-state index is 4.55. The summed E-state index contributed by atoms with van der Waals surface area (Å²) >= 11 is 0. The van der Waals surface area contributed by atoms with Crippen molar-refractivity contribution >= 4 is 10.9 Å². The van der Waals surface area contributed by atoms with Crippen LogP contribution in [-0.2, 0) is 6.42 Å². The van der Waals surface area contributed by atoms with E-state index < -0.39 is 0 Å². The van der Waals surface area contributed by atoms with Gasteiger partial charge in [0.1, 0.15) is 0 Å². The van der Waals surface area contributed by atoms with E-state index in [9.17, 15) is 0 Å². The third-order valence-corrected chi connectivity index (χ3v) is 2.27. The Morgan fingerprint density at radius 2 is 1.53 bits per heavy atom. The van der Waals surface area contributed by atoms with E-state index in [2.05, 4.69) is 49.2 Å². The summed E-state index contributed by atoms with van der Waals surface area (Å²) in [6.07, 6.45) is 1.00. The van der Waals surface area contributed by atoms with Crippen LogP contribution in [0.4, 0.5) is 0 Å². The van der Waals surface area contributed by atoms with Crippen LogP contribution in [0.15, 0.2) is 30.3 Å². The third-order valence-electron chi connectivity index (χ3n) is 2.27. The van der Waals surface area contributed by atoms with Crippen LogP contribution in [0, 0.1) is 6.92 Å². The normalized spacial score (nSPS) is 8.82. The molecule has 0 radical (unpaired) electrons. The second-order valence-electron chi connectivity index (χ2n) is 3.35. The number of fused-ring (bicyclic) bond motifs is 1. The number of pyridine rings is 1. The van der Waals surface area contributed by atoms with Gasteiger partial charge in [-0.25, -0.2) is 0 Å². The molecule has 0 aliphatic heterocycles. The number of benzene rings is 1. The van der Waals surface area contributed by atoms with E-state index in [4.69, 9.17) is 0 Å². The molecule has 0 atom stereocenters. The molecule has 0 saturated carbocycles. The van der Waals surface area contributed by atoms with Gasteiger partial charge in [0.2, 0.25) is 0 Å². The summed E-state index contributed by atoms with van der Waals surface area (Å²) in [5.74, 6) is 0. The molecule has 1 aromatic carbocycles. The summed E-state index contributed by atoms with van der Waals surface area (Å²) < 4.78 is 0. The molecule has 0 saturated heterocycles. The zero-order chi connectivity index (χ0) is 13.3. The number of hydrogen-bond donors (Lipinski definition) is 0. The molecule has 1 heteroatoms. The Balaban J connectivity index is 0.000000581. The molecule has 1 heterocycles. The first-order valence-electron chi connectivity index (χ1n) is 6.66. The molecule has 0 unspecified atom stereocenters. The summed E-state index contributed by atoms with van der Waals surface area (Å²) in [5.41, 5.74) is 3.55. The number of rotatable bonds is 1. The fourth-order valence-electron chi connectivity index (χ4n) is 1.47. The van der Waals surface area contributed by atoms with Gasteiger partial charge in [-0.3, -0.25) is 4.98 Å². The van der Waals surface area contributed by atoms with E-state index in [1.165, 1.54) is 10.9 Å². The molecule has 1 nitrogen and oxygen atoms in total. The van der Waals surface area contributed by atoms with Gasteiger partial charge in [0, 0.05) is 11.1 Å². The molecule has 2 aromatic rings. The van der Waals surface area contributed by atoms with Crippen LogP contribution in [0.5, 0.6) is 0 Å². The topological polar surface area (TPSA) is 12.9 Å². The molecule has 17 heavy (non-hydrogen) atoms. The van der Waals surface area contributed by atoms with Gasteiger partial charge in [0.25, 0.3) is 0 Å². The van der Waals surface area contributed by atoms with Gasteiger partial charge in [0.05, 0.1) is 5.52 Å². The molecule has 2 rings (SSSR count). The maximum Gasteiger partial charge on any atom is 0.0707 e. The lowest BCUT2D eigenvalue weighted by molar-refractivity contribution is 1.06. The highest BCUT2D eigenvalue weighted by Gasteiger charge is 1.96. The van der Waals surface area contributed by atoms with Crippen LogP contribution in [-0.4, -0.2) is 4.98 Å². The summed E-state index contributed by atoms with van der Waals surface area (Å²) in [7, 11) is 0. The van der Waals surface area contributed by atoms with Gasteiger partial charge >= 0.3 is 0 Å². The Bertz CT molecular complexity index is 432. The fourth-order valence-corrected chi connectivity index (χ4v) is 1.47. The minimum atomic E-state index is 1.00. The van der Waals surface area contributed by atoms with Gasteiger partial charge in [0.15, 0.2) is 0 Å². The van der Waals surface area contributed by atoms with Crippen molar-refractivity contribution in [2.24, 2.45) is 0 Å². The Morgan fingerprint density at radius 1 is 0.941 bits per heavy atom. The highest BCUT2D eigenvalue weighted by Crippen LogP contribution is 2.14. The molecule has 0 spiro atoms. The van der Waals surface area contributed by atoms with Crippen molar-refractivity contribution in [3.05, 3.63) is 41.6 Å². The molecular weight excluding hydrogens is 206 g/mol. The monoisotopic (exact) mass is 231 g/mol. The van der Waals surface area contributed by atoms with Crippen LogP contribution >= 0.6 is 0 Å². The smallest absolute Gasteiger partial charge is 0.0707 e. The first kappa shape index (κ1) is 15.6. The molecule has 0 aliphatic carbocycles. The largest absolute Gasteiger partial charge is 0.253 e. The zero-order valence-electron chi connectivity index (χ0n) is 12.0. The van der Waals surface area contributed by atoms with Gasteiger partial charge in [-0.2, -0.15) is 0 Å². The lowest BCUT2D eigenvalue weighted by Gasteiger charge is -2.00. The van der Waals surface area contributed by atoms with Crippen LogP contribution in [0.3, 0.4) is 0 Å². The van der Waals surface area contributed by atoms with Crippen molar-refractivity contribution in [1.29, 1.82) is 0 Å². The van der Waals surface area contributed by atoms with Crippen molar-refractivity contribution in [2.75, 3.05) is 0 Å². The number of aryl methyl sites for hydroxylation is 2. The van der Waals surface area contributed by atoms with E-state index in [1.54, 1.807) is 0 Å².